The number of halogens is 1. The number of carbonyl (C=O) groups is 2. The summed E-state index contributed by atoms with van der Waals surface area (Å²) in [6.07, 6.45) is 2.99. The third kappa shape index (κ3) is 3.70. The summed E-state index contributed by atoms with van der Waals surface area (Å²) in [6, 6.07) is 8.81. The minimum Gasteiger partial charge on any atom is -0.442 e. The molecule has 0 saturated carbocycles. The van der Waals surface area contributed by atoms with E-state index in [0.29, 0.717) is 23.6 Å². The molecule has 3 heterocycles. The number of hydrogen-bond acceptors (Lipinski definition) is 6. The molecule has 9 heteroatoms. The molecule has 0 radical (unpaired) electrons. The Morgan fingerprint density at radius 3 is 2.97 bits per heavy atom. The predicted octanol–water partition coefficient (Wildman–Crippen LogP) is 3.49. The van der Waals surface area contributed by atoms with Gasteiger partial charge in [0.25, 0.3) is 0 Å². The Morgan fingerprint density at radius 2 is 2.16 bits per heavy atom. The molecule has 32 heavy (non-hydrogen) atoms. The van der Waals surface area contributed by atoms with E-state index >= 15 is 0 Å². The van der Waals surface area contributed by atoms with Gasteiger partial charge in [-0.2, -0.15) is 4.39 Å². The van der Waals surface area contributed by atoms with Crippen LogP contribution in [0, 0.1) is 5.95 Å². The molecule has 0 unspecified atom stereocenters. The van der Waals surface area contributed by atoms with E-state index in [0.717, 1.165) is 41.6 Å². The van der Waals surface area contributed by atoms with Crippen molar-refractivity contribution in [3.05, 3.63) is 53.6 Å². The van der Waals surface area contributed by atoms with E-state index in [2.05, 4.69) is 15.5 Å². The monoisotopic (exact) mass is 436 g/mol. The molecule has 1 fully saturated rings. The number of fused-ring (bicyclic) bond motifs is 3. The molecule has 2 aromatic heterocycles. The first-order chi connectivity index (χ1) is 15.5. The fourth-order valence-corrected chi connectivity index (χ4v) is 4.26. The first kappa shape index (κ1) is 20.2. The van der Waals surface area contributed by atoms with Crippen LogP contribution in [0.3, 0.4) is 0 Å². The van der Waals surface area contributed by atoms with Crippen LogP contribution in [-0.4, -0.2) is 41.3 Å². The van der Waals surface area contributed by atoms with Crippen molar-refractivity contribution >= 4 is 17.7 Å². The standard InChI is InChI=1S/C23H21FN4O4/c1-13(29)26-11-17-12-28(23(30)31-17)16-5-6-18-14(9-16)3-2-4-19-21(27-32-22(18)19)15-7-8-25-20(24)10-15/h5-10,17H,2-4,11-12H2,1H3,(H,26,29)/t17-/m0/s1. The molecule has 0 bridgehead atoms. The number of pyridine rings is 1. The number of nitrogens with zero attached hydrogens (tertiary/aromatic N) is 3. The zero-order valence-corrected chi connectivity index (χ0v) is 17.4. The van der Waals surface area contributed by atoms with Crippen molar-refractivity contribution in [3.8, 4) is 22.6 Å². The highest BCUT2D eigenvalue weighted by Gasteiger charge is 2.33. The fraction of sp³-hybridized carbons (Fsp3) is 0.304. The Morgan fingerprint density at radius 1 is 1.28 bits per heavy atom. The summed E-state index contributed by atoms with van der Waals surface area (Å²) in [6.45, 7) is 2.07. The molecular weight excluding hydrogens is 415 g/mol. The number of rotatable bonds is 4. The maximum atomic E-state index is 13.6. The Kier molecular flexibility index (Phi) is 5.08. The molecule has 3 aromatic rings. The lowest BCUT2D eigenvalue weighted by molar-refractivity contribution is -0.119. The van der Waals surface area contributed by atoms with Crippen LogP contribution in [0.15, 0.2) is 41.1 Å². The molecule has 1 atom stereocenters. The lowest BCUT2D eigenvalue weighted by Crippen LogP contribution is -2.33. The van der Waals surface area contributed by atoms with Gasteiger partial charge in [-0.1, -0.05) is 5.16 Å². The highest BCUT2D eigenvalue weighted by Crippen LogP contribution is 2.39. The second-order valence-electron chi connectivity index (χ2n) is 7.95. The average Bonchev–Trinajstić information content (AvgIpc) is 3.31. The Balaban J connectivity index is 1.44. The molecule has 2 aliphatic rings. The van der Waals surface area contributed by atoms with Gasteiger partial charge in [-0.3, -0.25) is 9.69 Å². The van der Waals surface area contributed by atoms with Gasteiger partial charge in [0.15, 0.2) is 5.76 Å². The molecule has 5 rings (SSSR count). The van der Waals surface area contributed by atoms with Crippen LogP contribution in [0.2, 0.25) is 0 Å². The van der Waals surface area contributed by atoms with Crippen LogP contribution < -0.4 is 10.2 Å². The lowest BCUT2D eigenvalue weighted by Gasteiger charge is -2.15. The lowest BCUT2D eigenvalue weighted by atomic mass is 10.00. The van der Waals surface area contributed by atoms with Gasteiger partial charge in [-0.25, -0.2) is 9.78 Å². The van der Waals surface area contributed by atoms with Crippen molar-refractivity contribution in [1.29, 1.82) is 0 Å². The van der Waals surface area contributed by atoms with Crippen molar-refractivity contribution in [2.45, 2.75) is 32.3 Å². The minimum absolute atomic E-state index is 0.165. The summed E-state index contributed by atoms with van der Waals surface area (Å²) in [5.74, 6) is -0.0581. The van der Waals surface area contributed by atoms with E-state index in [-0.39, 0.29) is 12.5 Å². The van der Waals surface area contributed by atoms with Gasteiger partial charge in [0.2, 0.25) is 11.9 Å². The van der Waals surface area contributed by atoms with E-state index in [4.69, 9.17) is 9.26 Å². The van der Waals surface area contributed by atoms with Crippen LogP contribution in [0.25, 0.3) is 22.6 Å². The topological polar surface area (TPSA) is 97.6 Å². The number of aromatic nitrogens is 2. The Labute approximate surface area is 183 Å². The average molecular weight is 436 g/mol. The number of aryl methyl sites for hydroxylation is 1. The van der Waals surface area contributed by atoms with Crippen molar-refractivity contribution in [2.75, 3.05) is 18.0 Å². The van der Waals surface area contributed by atoms with Crippen molar-refractivity contribution in [1.82, 2.24) is 15.5 Å². The number of ether oxygens (including phenoxy) is 1. The number of cyclic esters (lactones) is 1. The first-order valence-electron chi connectivity index (χ1n) is 10.5. The van der Waals surface area contributed by atoms with Crippen LogP contribution in [0.1, 0.15) is 24.5 Å². The second-order valence-corrected chi connectivity index (χ2v) is 7.95. The number of amides is 2. The number of nitrogens with one attached hydrogen (secondary N) is 1. The molecule has 1 aromatic carbocycles. The second kappa shape index (κ2) is 8.07. The highest BCUT2D eigenvalue weighted by molar-refractivity contribution is 5.90. The maximum absolute atomic E-state index is 13.6. The smallest absolute Gasteiger partial charge is 0.414 e. The summed E-state index contributed by atoms with van der Waals surface area (Å²) >= 11 is 0. The maximum Gasteiger partial charge on any atom is 0.414 e. The summed E-state index contributed by atoms with van der Waals surface area (Å²) in [5.41, 5.74) is 4.89. The third-order valence-corrected chi connectivity index (χ3v) is 5.76. The van der Waals surface area contributed by atoms with Crippen LogP contribution in [-0.2, 0) is 22.4 Å². The summed E-state index contributed by atoms with van der Waals surface area (Å²) in [5, 5.41) is 6.90. The number of anilines is 1. The predicted molar refractivity (Wildman–Crippen MR) is 113 cm³/mol. The molecule has 1 saturated heterocycles. The number of hydrogen-bond donors (Lipinski definition) is 1. The van der Waals surface area contributed by atoms with E-state index in [1.165, 1.54) is 19.2 Å². The van der Waals surface area contributed by atoms with Crippen molar-refractivity contribution in [3.63, 3.8) is 0 Å². The minimum atomic E-state index is -0.563. The van der Waals surface area contributed by atoms with E-state index < -0.39 is 18.1 Å². The number of benzene rings is 1. The quantitative estimate of drug-likeness (QED) is 0.629. The van der Waals surface area contributed by atoms with Gasteiger partial charge in [0.1, 0.15) is 11.8 Å². The van der Waals surface area contributed by atoms with Gasteiger partial charge in [0.05, 0.1) is 13.1 Å². The zero-order valence-electron chi connectivity index (χ0n) is 17.4. The Hall–Kier alpha value is -3.75. The third-order valence-electron chi connectivity index (χ3n) is 5.76. The Bertz CT molecular complexity index is 1210. The normalized spacial score (nSPS) is 17.4. The van der Waals surface area contributed by atoms with Gasteiger partial charge in [-0.05, 0) is 49.1 Å². The highest BCUT2D eigenvalue weighted by atomic mass is 19.1. The summed E-state index contributed by atoms with van der Waals surface area (Å²) in [4.78, 5) is 28.7. The van der Waals surface area contributed by atoms with Gasteiger partial charge in [-0.15, -0.1) is 0 Å². The molecule has 164 valence electrons. The van der Waals surface area contributed by atoms with E-state index in [1.54, 1.807) is 11.0 Å². The fourth-order valence-electron chi connectivity index (χ4n) is 4.26. The summed E-state index contributed by atoms with van der Waals surface area (Å²) < 4.78 is 24.7. The van der Waals surface area contributed by atoms with Gasteiger partial charge >= 0.3 is 6.09 Å². The van der Waals surface area contributed by atoms with E-state index in [1.807, 2.05) is 18.2 Å². The molecule has 1 N–H and O–H groups in total. The molecule has 1 aliphatic heterocycles. The van der Waals surface area contributed by atoms with Crippen molar-refractivity contribution in [2.24, 2.45) is 0 Å². The molecule has 0 spiro atoms. The molecule has 1 aliphatic carbocycles. The first-order valence-corrected chi connectivity index (χ1v) is 10.5. The van der Waals surface area contributed by atoms with Crippen LogP contribution in [0.4, 0.5) is 14.9 Å². The van der Waals surface area contributed by atoms with Gasteiger partial charge in [0, 0.05) is 41.6 Å². The number of carbonyl (C=O) groups excluding carboxylic acids is 2. The summed E-state index contributed by atoms with van der Waals surface area (Å²) in [7, 11) is 0. The molecule has 2 amide bonds. The van der Waals surface area contributed by atoms with Gasteiger partial charge < -0.3 is 14.6 Å². The largest absolute Gasteiger partial charge is 0.442 e. The van der Waals surface area contributed by atoms with Crippen LogP contribution >= 0.6 is 0 Å². The molecule has 8 nitrogen and oxygen atoms in total. The molecular formula is C23H21FN4O4. The zero-order chi connectivity index (χ0) is 22.2. The van der Waals surface area contributed by atoms with E-state index in [9.17, 15) is 14.0 Å². The van der Waals surface area contributed by atoms with Crippen molar-refractivity contribution < 1.29 is 23.2 Å². The van der Waals surface area contributed by atoms with Crippen LogP contribution in [0.5, 0.6) is 0 Å². The SMILES string of the molecule is CC(=O)NC[C@H]1CN(c2ccc3c(c2)CCCc2c(-c4ccnc(F)c4)noc2-3)C(=O)O1.